The van der Waals surface area contributed by atoms with Crippen LogP contribution in [0.1, 0.15) is 22.4 Å². The number of benzene rings is 1. The zero-order chi connectivity index (χ0) is 27.4. The second-order valence-corrected chi connectivity index (χ2v) is 8.44. The summed E-state index contributed by atoms with van der Waals surface area (Å²) >= 11 is 0. The van der Waals surface area contributed by atoms with E-state index < -0.39 is 12.1 Å². The average Bonchev–Trinajstić information content (AvgIpc) is 2.93. The van der Waals surface area contributed by atoms with Crippen molar-refractivity contribution in [1.82, 2.24) is 24.5 Å². The fourth-order valence-corrected chi connectivity index (χ4v) is 3.84. The molecular formula is C28H19F3N6O2. The summed E-state index contributed by atoms with van der Waals surface area (Å²) in [6, 6.07) is 17.3. The first-order valence-electron chi connectivity index (χ1n) is 11.7. The van der Waals surface area contributed by atoms with Gasteiger partial charge >= 0.3 is 12.1 Å². The molecule has 0 saturated heterocycles. The molecule has 39 heavy (non-hydrogen) atoms. The summed E-state index contributed by atoms with van der Waals surface area (Å²) in [6.45, 7) is 0. The zero-order valence-corrected chi connectivity index (χ0v) is 20.1. The maximum Gasteiger partial charge on any atom is 0.471 e. The van der Waals surface area contributed by atoms with Crippen molar-refractivity contribution >= 4 is 35.0 Å². The number of rotatable bonds is 6. The number of anilines is 1. The number of nitrogens with one attached hydrogen (secondary N) is 1. The summed E-state index contributed by atoms with van der Waals surface area (Å²) in [7, 11) is 0. The van der Waals surface area contributed by atoms with Crippen LogP contribution in [-0.4, -0.2) is 36.6 Å². The first kappa shape index (κ1) is 25.5. The van der Waals surface area contributed by atoms with E-state index in [2.05, 4.69) is 19.9 Å². The van der Waals surface area contributed by atoms with E-state index in [1.807, 2.05) is 18.2 Å². The van der Waals surface area contributed by atoms with Gasteiger partial charge in [-0.1, -0.05) is 30.4 Å². The average molecular weight is 528 g/mol. The molecule has 11 heteroatoms. The van der Waals surface area contributed by atoms with Crippen LogP contribution >= 0.6 is 0 Å². The lowest BCUT2D eigenvalue weighted by molar-refractivity contribution is -0.167. The number of carbonyl (C=O) groups is 1. The SMILES string of the molecule is O=C(Nc1ccc(/C=C/c2cccc(-n3c(=O)c(Cc4cccnc4)nc4cccnc43)c2)cn1)C(F)(F)F. The molecule has 5 rings (SSSR count). The van der Waals surface area contributed by atoms with Gasteiger partial charge in [0.25, 0.3) is 5.56 Å². The largest absolute Gasteiger partial charge is 0.471 e. The molecule has 0 atom stereocenters. The lowest BCUT2D eigenvalue weighted by atomic mass is 10.1. The third kappa shape index (κ3) is 5.87. The summed E-state index contributed by atoms with van der Waals surface area (Å²) < 4.78 is 38.8. The van der Waals surface area contributed by atoms with Crippen LogP contribution in [0.5, 0.6) is 0 Å². The van der Waals surface area contributed by atoms with Crippen LogP contribution in [0, 0.1) is 0 Å². The monoisotopic (exact) mass is 528 g/mol. The highest BCUT2D eigenvalue weighted by Gasteiger charge is 2.38. The third-order valence-electron chi connectivity index (χ3n) is 5.66. The molecule has 194 valence electrons. The highest BCUT2D eigenvalue weighted by Crippen LogP contribution is 2.19. The quantitative estimate of drug-likeness (QED) is 0.339. The van der Waals surface area contributed by atoms with Crippen LogP contribution in [-0.2, 0) is 11.2 Å². The first-order valence-corrected chi connectivity index (χ1v) is 11.7. The van der Waals surface area contributed by atoms with Gasteiger partial charge in [-0.2, -0.15) is 13.2 Å². The van der Waals surface area contributed by atoms with E-state index in [4.69, 9.17) is 0 Å². The molecule has 1 aromatic carbocycles. The highest BCUT2D eigenvalue weighted by atomic mass is 19.4. The summed E-state index contributed by atoms with van der Waals surface area (Å²) in [4.78, 5) is 41.6. The van der Waals surface area contributed by atoms with Gasteiger partial charge in [0.2, 0.25) is 0 Å². The lowest BCUT2D eigenvalue weighted by Gasteiger charge is -2.12. The molecule has 8 nitrogen and oxygen atoms in total. The second-order valence-electron chi connectivity index (χ2n) is 8.44. The summed E-state index contributed by atoms with van der Waals surface area (Å²) in [6.07, 6.45) is 5.07. The Morgan fingerprint density at radius 3 is 2.49 bits per heavy atom. The van der Waals surface area contributed by atoms with Gasteiger partial charge in [0.1, 0.15) is 17.0 Å². The molecule has 4 heterocycles. The molecular weight excluding hydrogens is 509 g/mol. The molecule has 0 aliphatic carbocycles. The fraction of sp³-hybridized carbons (Fsp3) is 0.0714. The molecule has 0 spiro atoms. The van der Waals surface area contributed by atoms with E-state index in [0.717, 1.165) is 11.1 Å². The minimum atomic E-state index is -5.00. The number of halogens is 3. The molecule has 0 fully saturated rings. The van der Waals surface area contributed by atoms with Crippen LogP contribution in [0.25, 0.3) is 29.0 Å². The van der Waals surface area contributed by atoms with Crippen molar-refractivity contribution in [2.45, 2.75) is 12.6 Å². The van der Waals surface area contributed by atoms with Gasteiger partial charge in [0.15, 0.2) is 5.65 Å². The number of amides is 1. The van der Waals surface area contributed by atoms with E-state index in [1.165, 1.54) is 22.9 Å². The van der Waals surface area contributed by atoms with Gasteiger partial charge in [-0.05, 0) is 59.2 Å². The Morgan fingerprint density at radius 1 is 0.923 bits per heavy atom. The predicted molar refractivity (Wildman–Crippen MR) is 140 cm³/mol. The van der Waals surface area contributed by atoms with Crippen LogP contribution in [0.2, 0.25) is 0 Å². The van der Waals surface area contributed by atoms with E-state index in [0.29, 0.717) is 34.5 Å². The third-order valence-corrected chi connectivity index (χ3v) is 5.66. The van der Waals surface area contributed by atoms with E-state index in [-0.39, 0.29) is 11.4 Å². The Bertz CT molecular complexity index is 1730. The van der Waals surface area contributed by atoms with E-state index >= 15 is 0 Å². The van der Waals surface area contributed by atoms with Crippen LogP contribution in [0.4, 0.5) is 19.0 Å². The molecule has 0 unspecified atom stereocenters. The van der Waals surface area contributed by atoms with Gasteiger partial charge < -0.3 is 5.32 Å². The van der Waals surface area contributed by atoms with Crippen molar-refractivity contribution in [2.24, 2.45) is 0 Å². The molecule has 0 aliphatic heterocycles. The van der Waals surface area contributed by atoms with Crippen molar-refractivity contribution in [3.8, 4) is 5.69 Å². The highest BCUT2D eigenvalue weighted by molar-refractivity contribution is 5.94. The maximum atomic E-state index is 13.6. The number of pyridine rings is 3. The number of carbonyl (C=O) groups excluding carboxylic acids is 1. The summed E-state index contributed by atoms with van der Waals surface area (Å²) in [5.41, 5.74) is 3.83. The Hall–Kier alpha value is -5.19. The van der Waals surface area contributed by atoms with E-state index in [9.17, 15) is 22.8 Å². The van der Waals surface area contributed by atoms with Crippen LogP contribution in [0.3, 0.4) is 0 Å². The van der Waals surface area contributed by atoms with Crippen molar-refractivity contribution in [2.75, 3.05) is 5.32 Å². The first-order chi connectivity index (χ1) is 18.8. The Balaban J connectivity index is 1.45. The van der Waals surface area contributed by atoms with Crippen molar-refractivity contribution in [3.05, 3.63) is 118 Å². The standard InChI is InChI=1S/C28H19F3N6O2/c29-28(30,31)27(39)36-24-11-10-19(17-34-24)9-8-18-4-1-6-21(14-18)37-25-22(7-3-13-33-25)35-23(26(37)38)15-20-5-2-12-32-16-20/h1-14,16-17H,15H2,(H,34,36,39)/b9-8+. The van der Waals surface area contributed by atoms with Crippen LogP contribution in [0.15, 0.2) is 90.2 Å². The number of fused-ring (bicyclic) bond motifs is 1. The minimum Gasteiger partial charge on any atom is -0.303 e. The zero-order valence-electron chi connectivity index (χ0n) is 20.1. The summed E-state index contributed by atoms with van der Waals surface area (Å²) in [5, 5.41) is 1.70. The number of nitrogens with zero attached hydrogens (tertiary/aromatic N) is 5. The van der Waals surface area contributed by atoms with Crippen molar-refractivity contribution in [3.63, 3.8) is 0 Å². The van der Waals surface area contributed by atoms with Gasteiger partial charge in [0, 0.05) is 31.2 Å². The molecule has 0 saturated carbocycles. The number of aromatic nitrogens is 5. The molecule has 4 aromatic heterocycles. The molecule has 1 N–H and O–H groups in total. The lowest BCUT2D eigenvalue weighted by Crippen LogP contribution is -2.30. The number of hydrogen-bond donors (Lipinski definition) is 1. The predicted octanol–water partition coefficient (Wildman–Crippen LogP) is 4.83. The molecule has 0 radical (unpaired) electrons. The Kier molecular flexibility index (Phi) is 6.96. The molecule has 0 aliphatic rings. The van der Waals surface area contributed by atoms with Crippen molar-refractivity contribution in [1.29, 1.82) is 0 Å². The molecule has 0 bridgehead atoms. The Labute approximate surface area is 219 Å². The topological polar surface area (TPSA) is 103 Å². The molecule has 5 aromatic rings. The fourth-order valence-electron chi connectivity index (χ4n) is 3.84. The van der Waals surface area contributed by atoms with Gasteiger partial charge in [-0.15, -0.1) is 0 Å². The number of hydrogen-bond acceptors (Lipinski definition) is 6. The molecule has 1 amide bonds. The normalized spacial score (nSPS) is 11.7. The maximum absolute atomic E-state index is 13.6. The second kappa shape index (κ2) is 10.7. The minimum absolute atomic E-state index is 0.213. The van der Waals surface area contributed by atoms with Gasteiger partial charge in [0.05, 0.1) is 5.69 Å². The van der Waals surface area contributed by atoms with Crippen molar-refractivity contribution < 1.29 is 18.0 Å². The van der Waals surface area contributed by atoms with E-state index in [1.54, 1.807) is 66.4 Å². The Morgan fingerprint density at radius 2 is 1.74 bits per heavy atom. The smallest absolute Gasteiger partial charge is 0.303 e. The van der Waals surface area contributed by atoms with Gasteiger partial charge in [-0.3, -0.25) is 19.1 Å². The van der Waals surface area contributed by atoms with Crippen LogP contribution < -0.4 is 10.9 Å². The van der Waals surface area contributed by atoms with Gasteiger partial charge in [-0.25, -0.2) is 15.0 Å². The number of alkyl halides is 3. The summed E-state index contributed by atoms with van der Waals surface area (Å²) in [5.74, 6) is -2.30.